The summed E-state index contributed by atoms with van der Waals surface area (Å²) in [5, 5.41) is 5.14. The molecule has 7 heteroatoms. The Kier molecular flexibility index (Phi) is 2.83. The first kappa shape index (κ1) is 13.0. The zero-order valence-electron chi connectivity index (χ0n) is 11.5. The lowest BCUT2D eigenvalue weighted by atomic mass is 10.2. The standard InChI is InChI=1S/C14H12N4O3/c1-8(19)17-12-7-10-5-3-4-6-11(10)15-13(12)16-14(21)18(17)9(2)20/h3-7H,1-2H3,(H,15,16,21). The zero-order valence-corrected chi connectivity index (χ0v) is 11.5. The zero-order chi connectivity index (χ0) is 15.1. The number of carbonyl (C=O) groups is 3. The average Bonchev–Trinajstić information content (AvgIpc) is 2.43. The Bertz CT molecular complexity index is 787. The van der Waals surface area contributed by atoms with Gasteiger partial charge in [0.25, 0.3) is 0 Å². The highest BCUT2D eigenvalue weighted by molar-refractivity contribution is 6.13. The third-order valence-corrected chi connectivity index (χ3v) is 3.15. The number of hydrogen-bond acceptors (Lipinski definition) is 4. The van der Waals surface area contributed by atoms with Gasteiger partial charge < -0.3 is 0 Å². The van der Waals surface area contributed by atoms with Crippen molar-refractivity contribution in [2.75, 3.05) is 10.3 Å². The van der Waals surface area contributed by atoms with Crippen LogP contribution in [0, 0.1) is 0 Å². The maximum atomic E-state index is 12.0. The molecule has 21 heavy (non-hydrogen) atoms. The second-order valence-electron chi connectivity index (χ2n) is 4.64. The van der Waals surface area contributed by atoms with Gasteiger partial charge in [-0.3, -0.25) is 14.9 Å². The summed E-state index contributed by atoms with van der Waals surface area (Å²) in [5.41, 5.74) is 1.06. The van der Waals surface area contributed by atoms with Crippen LogP contribution < -0.4 is 10.3 Å². The first-order valence-corrected chi connectivity index (χ1v) is 6.31. The molecular formula is C14H12N4O3. The summed E-state index contributed by atoms with van der Waals surface area (Å²) in [6.07, 6.45) is 0. The number of imide groups is 1. The SMILES string of the molecule is CC(=O)N1C(=O)Nc2nc3ccccc3cc2N1C(C)=O. The molecular weight excluding hydrogens is 272 g/mol. The minimum Gasteiger partial charge on any atom is -0.288 e. The number of carbonyl (C=O) groups excluding carboxylic acids is 3. The van der Waals surface area contributed by atoms with Gasteiger partial charge in [-0.05, 0) is 12.1 Å². The van der Waals surface area contributed by atoms with Crippen LogP contribution in [0.15, 0.2) is 30.3 Å². The average molecular weight is 284 g/mol. The first-order chi connectivity index (χ1) is 9.99. The Hall–Kier alpha value is -2.96. The van der Waals surface area contributed by atoms with Crippen LogP contribution in [0.3, 0.4) is 0 Å². The quantitative estimate of drug-likeness (QED) is 0.801. The number of hydrogen-bond donors (Lipinski definition) is 1. The summed E-state index contributed by atoms with van der Waals surface area (Å²) in [6, 6.07) is 8.34. The number of para-hydroxylation sites is 1. The summed E-state index contributed by atoms with van der Waals surface area (Å²) in [6.45, 7) is 2.50. The van der Waals surface area contributed by atoms with Gasteiger partial charge in [0.1, 0.15) is 5.69 Å². The summed E-state index contributed by atoms with van der Waals surface area (Å²) in [4.78, 5) is 39.9. The van der Waals surface area contributed by atoms with E-state index in [1.165, 1.54) is 13.8 Å². The van der Waals surface area contributed by atoms with Crippen LogP contribution >= 0.6 is 0 Å². The highest BCUT2D eigenvalue weighted by Gasteiger charge is 2.36. The van der Waals surface area contributed by atoms with E-state index < -0.39 is 17.8 Å². The van der Waals surface area contributed by atoms with E-state index in [1.807, 2.05) is 18.2 Å². The van der Waals surface area contributed by atoms with Crippen LogP contribution in [0.25, 0.3) is 10.9 Å². The predicted molar refractivity (Wildman–Crippen MR) is 76.4 cm³/mol. The molecule has 1 aromatic heterocycles. The normalized spacial score (nSPS) is 13.9. The van der Waals surface area contributed by atoms with Crippen molar-refractivity contribution < 1.29 is 14.4 Å². The highest BCUT2D eigenvalue weighted by atomic mass is 16.2. The Morgan fingerprint density at radius 1 is 1.10 bits per heavy atom. The van der Waals surface area contributed by atoms with E-state index >= 15 is 0 Å². The number of rotatable bonds is 0. The topological polar surface area (TPSA) is 82.6 Å². The van der Waals surface area contributed by atoms with Crippen LogP contribution in [0.1, 0.15) is 13.8 Å². The van der Waals surface area contributed by atoms with Crippen molar-refractivity contribution >= 4 is 40.3 Å². The number of pyridine rings is 1. The van der Waals surface area contributed by atoms with Gasteiger partial charge in [-0.2, -0.15) is 5.01 Å². The molecule has 0 saturated carbocycles. The summed E-state index contributed by atoms with van der Waals surface area (Å²) in [7, 11) is 0. The fourth-order valence-electron chi connectivity index (χ4n) is 2.31. The second-order valence-corrected chi connectivity index (χ2v) is 4.64. The Morgan fingerprint density at radius 3 is 2.43 bits per heavy atom. The molecule has 3 rings (SSSR count). The molecule has 0 unspecified atom stereocenters. The smallest absolute Gasteiger partial charge is 0.288 e. The molecule has 7 nitrogen and oxygen atoms in total. The molecule has 2 aromatic rings. The third kappa shape index (κ3) is 1.99. The number of nitrogens with zero attached hydrogens (tertiary/aromatic N) is 3. The van der Waals surface area contributed by atoms with Crippen molar-refractivity contribution in [2.24, 2.45) is 0 Å². The van der Waals surface area contributed by atoms with Crippen molar-refractivity contribution in [2.45, 2.75) is 13.8 Å². The molecule has 0 bridgehead atoms. The monoisotopic (exact) mass is 284 g/mol. The van der Waals surface area contributed by atoms with Crippen LogP contribution in [0.2, 0.25) is 0 Å². The van der Waals surface area contributed by atoms with E-state index in [2.05, 4.69) is 10.3 Å². The maximum absolute atomic E-state index is 12.0. The molecule has 1 N–H and O–H groups in total. The van der Waals surface area contributed by atoms with Crippen LogP contribution in [0.5, 0.6) is 0 Å². The van der Waals surface area contributed by atoms with E-state index in [9.17, 15) is 14.4 Å². The van der Waals surface area contributed by atoms with Gasteiger partial charge in [0.15, 0.2) is 5.82 Å². The fourth-order valence-corrected chi connectivity index (χ4v) is 2.31. The van der Waals surface area contributed by atoms with E-state index in [4.69, 9.17) is 0 Å². The van der Waals surface area contributed by atoms with Gasteiger partial charge in [0.2, 0.25) is 11.8 Å². The van der Waals surface area contributed by atoms with Gasteiger partial charge in [-0.1, -0.05) is 18.2 Å². The molecule has 0 saturated heterocycles. The number of amides is 4. The van der Waals surface area contributed by atoms with Gasteiger partial charge in [0, 0.05) is 19.2 Å². The first-order valence-electron chi connectivity index (χ1n) is 6.31. The number of hydrazine groups is 1. The molecule has 1 aromatic carbocycles. The number of aromatic nitrogens is 1. The van der Waals surface area contributed by atoms with Crippen molar-refractivity contribution in [1.29, 1.82) is 0 Å². The molecule has 2 heterocycles. The molecule has 0 aliphatic carbocycles. The lowest BCUT2D eigenvalue weighted by Crippen LogP contribution is -2.56. The van der Waals surface area contributed by atoms with Crippen molar-refractivity contribution in [3.63, 3.8) is 0 Å². The molecule has 0 spiro atoms. The lowest BCUT2D eigenvalue weighted by Gasteiger charge is -2.36. The van der Waals surface area contributed by atoms with Gasteiger partial charge in [0.05, 0.1) is 5.52 Å². The van der Waals surface area contributed by atoms with Crippen molar-refractivity contribution in [3.05, 3.63) is 30.3 Å². The molecule has 0 fully saturated rings. The van der Waals surface area contributed by atoms with Crippen LogP contribution in [0.4, 0.5) is 16.3 Å². The van der Waals surface area contributed by atoms with E-state index in [1.54, 1.807) is 12.1 Å². The second kappa shape index (κ2) is 4.55. The molecule has 106 valence electrons. The van der Waals surface area contributed by atoms with Gasteiger partial charge in [-0.15, -0.1) is 0 Å². The third-order valence-electron chi connectivity index (χ3n) is 3.15. The number of urea groups is 1. The minimum atomic E-state index is -0.701. The number of nitrogens with one attached hydrogen (secondary N) is 1. The summed E-state index contributed by atoms with van der Waals surface area (Å²) >= 11 is 0. The predicted octanol–water partition coefficient (Wildman–Crippen LogP) is 1.90. The number of benzene rings is 1. The van der Waals surface area contributed by atoms with Crippen molar-refractivity contribution in [1.82, 2.24) is 9.99 Å². The molecule has 0 radical (unpaired) electrons. The van der Waals surface area contributed by atoms with Gasteiger partial charge >= 0.3 is 6.03 Å². The Labute approximate surface area is 120 Å². The van der Waals surface area contributed by atoms with Crippen molar-refractivity contribution in [3.8, 4) is 0 Å². The molecule has 1 aliphatic heterocycles. The number of anilines is 2. The number of fused-ring (bicyclic) bond motifs is 2. The van der Waals surface area contributed by atoms with Crippen LogP contribution in [-0.4, -0.2) is 27.8 Å². The van der Waals surface area contributed by atoms with E-state index in [0.29, 0.717) is 11.2 Å². The van der Waals surface area contributed by atoms with Gasteiger partial charge in [-0.25, -0.2) is 14.8 Å². The van der Waals surface area contributed by atoms with E-state index in [-0.39, 0.29) is 5.82 Å². The summed E-state index contributed by atoms with van der Waals surface area (Å²) in [5.74, 6) is -0.744. The highest BCUT2D eigenvalue weighted by Crippen LogP contribution is 2.33. The Balaban J connectivity index is 2.26. The van der Waals surface area contributed by atoms with Crippen LogP contribution in [-0.2, 0) is 9.59 Å². The summed E-state index contributed by atoms with van der Waals surface area (Å²) < 4.78 is 0. The molecule has 4 amide bonds. The fraction of sp³-hybridized carbons (Fsp3) is 0.143. The largest absolute Gasteiger partial charge is 0.349 e. The minimum absolute atomic E-state index is 0.256. The van der Waals surface area contributed by atoms with E-state index in [0.717, 1.165) is 15.4 Å². The Morgan fingerprint density at radius 2 is 1.76 bits per heavy atom. The maximum Gasteiger partial charge on any atom is 0.349 e. The molecule has 1 aliphatic rings. The molecule has 0 atom stereocenters. The lowest BCUT2D eigenvalue weighted by molar-refractivity contribution is -0.131.